The van der Waals surface area contributed by atoms with Crippen molar-refractivity contribution in [2.45, 2.75) is 6.42 Å². The Kier molecular flexibility index (Phi) is 8.28. The average Bonchev–Trinajstić information content (AvgIpc) is 2.87. The summed E-state index contributed by atoms with van der Waals surface area (Å²) in [5, 5.41) is 5.43. The number of pyridine rings is 1. The molecule has 1 aromatic heterocycles. The van der Waals surface area contributed by atoms with E-state index in [1.54, 1.807) is 31.3 Å². The van der Waals surface area contributed by atoms with Gasteiger partial charge in [-0.05, 0) is 42.3 Å². The smallest absolute Gasteiger partial charge is 0.269 e. The number of amides is 2. The minimum atomic E-state index is -0.290. The summed E-state index contributed by atoms with van der Waals surface area (Å²) in [7, 11) is 6.05. The van der Waals surface area contributed by atoms with Crippen LogP contribution in [0.25, 0.3) is 0 Å². The molecule has 0 fully saturated rings. The standard InChI is InChI=1S/C25H27N3O6/c1-26-25(30)20-15-19(9-11-27-20)34-18-7-5-6-16(12-18)8-10-28-24(29)17-13-21(31-2)23(33-4)22(14-17)32-3/h5-7,9,11-15H,8,10H2,1-4H3,(H,26,30)(H,28,29). The minimum Gasteiger partial charge on any atom is -0.493 e. The summed E-state index contributed by atoms with van der Waals surface area (Å²) in [4.78, 5) is 28.5. The quantitative estimate of drug-likeness (QED) is 0.473. The molecule has 178 valence electrons. The Morgan fingerprint density at radius 3 is 2.24 bits per heavy atom. The number of nitrogens with one attached hydrogen (secondary N) is 2. The summed E-state index contributed by atoms with van der Waals surface area (Å²) in [5.41, 5.74) is 1.64. The maximum absolute atomic E-state index is 12.7. The topological polar surface area (TPSA) is 108 Å². The van der Waals surface area contributed by atoms with Gasteiger partial charge in [0, 0.05) is 31.4 Å². The van der Waals surface area contributed by atoms with Crippen molar-refractivity contribution < 1.29 is 28.5 Å². The van der Waals surface area contributed by atoms with E-state index in [0.717, 1.165) is 5.56 Å². The molecule has 0 spiro atoms. The fraction of sp³-hybridized carbons (Fsp3) is 0.240. The van der Waals surface area contributed by atoms with E-state index in [1.165, 1.54) is 27.5 Å². The van der Waals surface area contributed by atoms with Crippen LogP contribution < -0.4 is 29.6 Å². The van der Waals surface area contributed by atoms with Crippen LogP contribution in [0.2, 0.25) is 0 Å². The molecule has 9 heteroatoms. The van der Waals surface area contributed by atoms with Gasteiger partial charge in [-0.2, -0.15) is 0 Å². The molecule has 9 nitrogen and oxygen atoms in total. The van der Waals surface area contributed by atoms with E-state index in [0.29, 0.717) is 47.3 Å². The third-order valence-electron chi connectivity index (χ3n) is 4.95. The fourth-order valence-corrected chi connectivity index (χ4v) is 3.26. The molecule has 0 radical (unpaired) electrons. The van der Waals surface area contributed by atoms with Gasteiger partial charge in [-0.15, -0.1) is 0 Å². The summed E-state index contributed by atoms with van der Waals surface area (Å²) in [6.07, 6.45) is 2.11. The van der Waals surface area contributed by atoms with E-state index in [4.69, 9.17) is 18.9 Å². The molecule has 0 aliphatic heterocycles. The van der Waals surface area contributed by atoms with Gasteiger partial charge < -0.3 is 29.6 Å². The molecule has 0 aliphatic rings. The van der Waals surface area contributed by atoms with Crippen molar-refractivity contribution in [1.82, 2.24) is 15.6 Å². The maximum Gasteiger partial charge on any atom is 0.269 e. The van der Waals surface area contributed by atoms with Crippen LogP contribution in [0.4, 0.5) is 0 Å². The molecule has 3 aromatic rings. The van der Waals surface area contributed by atoms with Gasteiger partial charge in [0.2, 0.25) is 5.75 Å². The predicted molar refractivity (Wildman–Crippen MR) is 126 cm³/mol. The van der Waals surface area contributed by atoms with Crippen LogP contribution in [-0.2, 0) is 6.42 Å². The van der Waals surface area contributed by atoms with Crippen LogP contribution in [-0.4, -0.2) is 51.7 Å². The zero-order chi connectivity index (χ0) is 24.5. The summed E-state index contributed by atoms with van der Waals surface area (Å²) in [6.45, 7) is 0.412. The molecule has 1 heterocycles. The van der Waals surface area contributed by atoms with Crippen molar-refractivity contribution >= 4 is 11.8 Å². The van der Waals surface area contributed by atoms with E-state index in [2.05, 4.69) is 15.6 Å². The molecule has 2 N–H and O–H groups in total. The molecule has 0 bridgehead atoms. The first-order chi connectivity index (χ1) is 16.5. The maximum atomic E-state index is 12.7. The number of methoxy groups -OCH3 is 3. The second-order valence-electron chi connectivity index (χ2n) is 7.13. The summed E-state index contributed by atoms with van der Waals surface area (Å²) in [5.74, 6) is 1.81. The first-order valence-corrected chi connectivity index (χ1v) is 10.5. The zero-order valence-electron chi connectivity index (χ0n) is 19.5. The van der Waals surface area contributed by atoms with Gasteiger partial charge in [0.05, 0.1) is 21.3 Å². The van der Waals surface area contributed by atoms with Gasteiger partial charge in [-0.1, -0.05) is 12.1 Å². The van der Waals surface area contributed by atoms with Gasteiger partial charge >= 0.3 is 0 Å². The molecule has 34 heavy (non-hydrogen) atoms. The Morgan fingerprint density at radius 1 is 0.882 bits per heavy atom. The SMILES string of the molecule is CNC(=O)c1cc(Oc2cccc(CCNC(=O)c3cc(OC)c(OC)c(OC)c3)c2)ccn1. The molecular weight excluding hydrogens is 438 g/mol. The van der Waals surface area contributed by atoms with Crippen molar-refractivity contribution in [2.24, 2.45) is 0 Å². The second kappa shape index (κ2) is 11.6. The second-order valence-corrected chi connectivity index (χ2v) is 7.13. The van der Waals surface area contributed by atoms with Crippen LogP contribution in [0.5, 0.6) is 28.7 Å². The lowest BCUT2D eigenvalue weighted by molar-refractivity contribution is 0.0947. The zero-order valence-corrected chi connectivity index (χ0v) is 19.5. The number of carbonyl (C=O) groups excluding carboxylic acids is 2. The van der Waals surface area contributed by atoms with Crippen LogP contribution >= 0.6 is 0 Å². The molecular formula is C25H27N3O6. The van der Waals surface area contributed by atoms with Crippen LogP contribution in [0.3, 0.4) is 0 Å². The molecule has 0 unspecified atom stereocenters. The lowest BCUT2D eigenvalue weighted by atomic mass is 10.1. The molecule has 2 aromatic carbocycles. The number of hydrogen-bond acceptors (Lipinski definition) is 7. The van der Waals surface area contributed by atoms with Gasteiger partial charge in [-0.25, -0.2) is 0 Å². The van der Waals surface area contributed by atoms with Gasteiger partial charge in [-0.3, -0.25) is 14.6 Å². The largest absolute Gasteiger partial charge is 0.493 e. The summed E-state index contributed by atoms with van der Waals surface area (Å²) in [6, 6.07) is 14.0. The highest BCUT2D eigenvalue weighted by Crippen LogP contribution is 2.38. The number of hydrogen-bond donors (Lipinski definition) is 2. The van der Waals surface area contributed by atoms with E-state index in [-0.39, 0.29) is 17.5 Å². The lowest BCUT2D eigenvalue weighted by Gasteiger charge is -2.14. The first-order valence-electron chi connectivity index (χ1n) is 10.5. The lowest BCUT2D eigenvalue weighted by Crippen LogP contribution is -2.25. The number of carbonyl (C=O) groups is 2. The van der Waals surface area contributed by atoms with Crippen molar-refractivity contribution in [2.75, 3.05) is 34.9 Å². The van der Waals surface area contributed by atoms with Gasteiger partial charge in [0.15, 0.2) is 11.5 Å². The van der Waals surface area contributed by atoms with Crippen molar-refractivity contribution in [3.05, 3.63) is 71.5 Å². The van der Waals surface area contributed by atoms with Gasteiger partial charge in [0.1, 0.15) is 17.2 Å². The minimum absolute atomic E-state index is 0.259. The van der Waals surface area contributed by atoms with Gasteiger partial charge in [0.25, 0.3) is 11.8 Å². The van der Waals surface area contributed by atoms with Crippen molar-refractivity contribution in [1.29, 1.82) is 0 Å². The van der Waals surface area contributed by atoms with Crippen LogP contribution in [0.1, 0.15) is 26.4 Å². The number of ether oxygens (including phenoxy) is 4. The third-order valence-corrected chi connectivity index (χ3v) is 4.95. The number of aromatic nitrogens is 1. The average molecular weight is 466 g/mol. The van der Waals surface area contributed by atoms with Crippen LogP contribution in [0, 0.1) is 0 Å². The summed E-state index contributed by atoms with van der Waals surface area (Å²) >= 11 is 0. The van der Waals surface area contributed by atoms with E-state index in [9.17, 15) is 9.59 Å². The van der Waals surface area contributed by atoms with Crippen molar-refractivity contribution in [3.8, 4) is 28.7 Å². The highest BCUT2D eigenvalue weighted by Gasteiger charge is 2.17. The predicted octanol–water partition coefficient (Wildman–Crippen LogP) is 3.23. The molecule has 0 saturated carbocycles. The molecule has 2 amide bonds. The fourth-order valence-electron chi connectivity index (χ4n) is 3.26. The van der Waals surface area contributed by atoms with E-state index >= 15 is 0 Å². The highest BCUT2D eigenvalue weighted by atomic mass is 16.5. The normalized spacial score (nSPS) is 10.2. The summed E-state index contributed by atoms with van der Waals surface area (Å²) < 4.78 is 21.8. The highest BCUT2D eigenvalue weighted by molar-refractivity contribution is 5.95. The molecule has 0 atom stereocenters. The first kappa shape index (κ1) is 24.4. The third kappa shape index (κ3) is 5.94. The number of rotatable bonds is 10. The molecule has 3 rings (SSSR count). The van der Waals surface area contributed by atoms with E-state index < -0.39 is 0 Å². The van der Waals surface area contributed by atoms with Crippen LogP contribution in [0.15, 0.2) is 54.7 Å². The Bertz CT molecular complexity index is 1140. The van der Waals surface area contributed by atoms with E-state index in [1.807, 2.05) is 24.3 Å². The monoisotopic (exact) mass is 465 g/mol. The Balaban J connectivity index is 1.62. The Hall–Kier alpha value is -4.27. The Morgan fingerprint density at radius 2 is 1.59 bits per heavy atom. The molecule has 0 aliphatic carbocycles. The molecule has 0 saturated heterocycles. The van der Waals surface area contributed by atoms with Crippen molar-refractivity contribution in [3.63, 3.8) is 0 Å². The Labute approximate surface area is 198 Å². The number of nitrogens with zero attached hydrogens (tertiary/aromatic N) is 1. The number of benzene rings is 2.